The third-order valence-electron chi connectivity index (χ3n) is 3.42. The molecular weight excluding hydrogens is 335 g/mol. The number of halogens is 2. The molecule has 6 heteroatoms. The van der Waals surface area contributed by atoms with Crippen LogP contribution in [-0.2, 0) is 13.0 Å². The number of furan rings is 1. The van der Waals surface area contributed by atoms with Crippen molar-refractivity contribution in [1.29, 1.82) is 0 Å². The van der Waals surface area contributed by atoms with Crippen molar-refractivity contribution in [2.24, 2.45) is 11.1 Å². The first kappa shape index (κ1) is 19.6. The summed E-state index contributed by atoms with van der Waals surface area (Å²) in [5.74, 6) is 0.450. The summed E-state index contributed by atoms with van der Waals surface area (Å²) in [7, 11) is 0. The van der Waals surface area contributed by atoms with Crippen LogP contribution in [0.25, 0.3) is 0 Å². The van der Waals surface area contributed by atoms with Crippen molar-refractivity contribution >= 4 is 29.9 Å². The van der Waals surface area contributed by atoms with Gasteiger partial charge in [-0.25, -0.2) is 0 Å². The number of nitrogens with two attached hydrogens (primary N) is 1. The summed E-state index contributed by atoms with van der Waals surface area (Å²) < 4.78 is 5.18. The van der Waals surface area contributed by atoms with E-state index in [4.69, 9.17) is 21.8 Å². The monoisotopic (exact) mass is 356 g/mol. The van der Waals surface area contributed by atoms with E-state index in [2.05, 4.69) is 19.2 Å². The molecule has 0 unspecified atom stereocenters. The van der Waals surface area contributed by atoms with E-state index in [9.17, 15) is 4.79 Å². The maximum Gasteiger partial charge on any atom is 0.254 e. The number of carbonyl (C=O) groups excluding carboxylic acids is 1. The van der Waals surface area contributed by atoms with Crippen LogP contribution in [-0.4, -0.2) is 12.5 Å². The Labute approximate surface area is 147 Å². The lowest BCUT2D eigenvalue weighted by molar-refractivity contribution is 0.0935. The van der Waals surface area contributed by atoms with E-state index in [0.29, 0.717) is 17.9 Å². The number of benzene rings is 1. The van der Waals surface area contributed by atoms with Crippen LogP contribution in [0.2, 0.25) is 5.02 Å². The largest absolute Gasteiger partial charge is 0.467 e. The molecule has 2 rings (SSSR count). The van der Waals surface area contributed by atoms with Crippen molar-refractivity contribution < 1.29 is 9.21 Å². The van der Waals surface area contributed by atoms with Gasteiger partial charge in [-0.3, -0.25) is 4.79 Å². The molecule has 3 N–H and O–H groups in total. The minimum Gasteiger partial charge on any atom is -0.467 e. The first-order valence-electron chi connectivity index (χ1n) is 7.20. The van der Waals surface area contributed by atoms with E-state index in [1.807, 2.05) is 24.3 Å². The van der Waals surface area contributed by atoms with Crippen LogP contribution >= 0.6 is 24.0 Å². The van der Waals surface area contributed by atoms with Crippen LogP contribution in [0.4, 0.5) is 0 Å². The fourth-order valence-electron chi connectivity index (χ4n) is 2.29. The molecule has 126 valence electrons. The number of hydrogen-bond donors (Lipinski definition) is 2. The summed E-state index contributed by atoms with van der Waals surface area (Å²) >= 11 is 6.01. The number of carbonyl (C=O) groups is 1. The first-order valence-corrected chi connectivity index (χ1v) is 7.57. The van der Waals surface area contributed by atoms with E-state index in [0.717, 1.165) is 17.0 Å². The molecule has 0 aliphatic carbocycles. The first-order chi connectivity index (χ1) is 10.4. The van der Waals surface area contributed by atoms with Gasteiger partial charge in [0.15, 0.2) is 0 Å². The van der Waals surface area contributed by atoms with E-state index in [1.165, 1.54) is 6.26 Å². The van der Waals surface area contributed by atoms with Crippen molar-refractivity contribution in [2.75, 3.05) is 6.54 Å². The topological polar surface area (TPSA) is 68.3 Å². The summed E-state index contributed by atoms with van der Waals surface area (Å²) in [4.78, 5) is 12.1. The smallest absolute Gasteiger partial charge is 0.254 e. The SMILES string of the molecule is CC(C)(CNC(=O)c1coc(CN)c1)Cc1cccc(Cl)c1.Cl. The molecule has 0 spiro atoms. The molecule has 0 saturated carbocycles. The Balaban J connectivity index is 0.00000264. The average Bonchev–Trinajstić information content (AvgIpc) is 2.93. The van der Waals surface area contributed by atoms with E-state index in [1.54, 1.807) is 6.07 Å². The summed E-state index contributed by atoms with van der Waals surface area (Å²) in [6.07, 6.45) is 2.26. The number of rotatable bonds is 6. The Morgan fingerprint density at radius 1 is 1.35 bits per heavy atom. The maximum absolute atomic E-state index is 12.1. The molecule has 0 aliphatic heterocycles. The highest BCUT2D eigenvalue weighted by Gasteiger charge is 2.20. The molecule has 23 heavy (non-hydrogen) atoms. The third kappa shape index (κ3) is 5.90. The van der Waals surface area contributed by atoms with Crippen LogP contribution in [0.3, 0.4) is 0 Å². The Kier molecular flexibility index (Phi) is 7.13. The van der Waals surface area contributed by atoms with Crippen molar-refractivity contribution in [2.45, 2.75) is 26.8 Å². The zero-order chi connectivity index (χ0) is 16.2. The van der Waals surface area contributed by atoms with Gasteiger partial charge in [0.2, 0.25) is 0 Å². The Hall–Kier alpha value is -1.49. The van der Waals surface area contributed by atoms with Crippen LogP contribution in [0, 0.1) is 5.41 Å². The second kappa shape index (κ2) is 8.39. The molecule has 2 aromatic rings. The van der Waals surface area contributed by atoms with Gasteiger partial charge < -0.3 is 15.5 Å². The van der Waals surface area contributed by atoms with Gasteiger partial charge >= 0.3 is 0 Å². The molecule has 1 aromatic heterocycles. The molecule has 4 nitrogen and oxygen atoms in total. The lowest BCUT2D eigenvalue weighted by atomic mass is 9.85. The predicted octanol–water partition coefficient (Wildman–Crippen LogP) is 3.81. The van der Waals surface area contributed by atoms with Gasteiger partial charge in [-0.05, 0) is 35.6 Å². The molecule has 1 aromatic carbocycles. The summed E-state index contributed by atoms with van der Waals surface area (Å²) in [5, 5.41) is 3.67. The quantitative estimate of drug-likeness (QED) is 0.826. The van der Waals surface area contributed by atoms with Gasteiger partial charge in [0.1, 0.15) is 12.0 Å². The van der Waals surface area contributed by atoms with Crippen LogP contribution < -0.4 is 11.1 Å². The zero-order valence-corrected chi connectivity index (χ0v) is 14.8. The van der Waals surface area contributed by atoms with Crippen molar-refractivity contribution in [3.05, 3.63) is 58.5 Å². The number of nitrogens with one attached hydrogen (secondary N) is 1. The second-order valence-electron chi connectivity index (χ2n) is 6.16. The lowest BCUT2D eigenvalue weighted by Gasteiger charge is -2.25. The molecule has 0 saturated heterocycles. The van der Waals surface area contributed by atoms with Crippen LogP contribution in [0.5, 0.6) is 0 Å². The van der Waals surface area contributed by atoms with Gasteiger partial charge in [0.25, 0.3) is 5.91 Å². The standard InChI is InChI=1S/C17H21ClN2O2.ClH/c1-17(2,8-12-4-3-5-14(18)6-12)11-20-16(21)13-7-15(9-19)22-10-13;/h3-7,10H,8-9,11,19H2,1-2H3,(H,20,21);1H. The third-order valence-corrected chi connectivity index (χ3v) is 3.65. The molecule has 1 amide bonds. The minimum absolute atomic E-state index is 0. The zero-order valence-electron chi connectivity index (χ0n) is 13.3. The van der Waals surface area contributed by atoms with Gasteiger partial charge in [-0.2, -0.15) is 0 Å². The summed E-state index contributed by atoms with van der Waals surface area (Å²) in [5.41, 5.74) is 7.04. The summed E-state index contributed by atoms with van der Waals surface area (Å²) in [6.45, 7) is 5.05. The van der Waals surface area contributed by atoms with Gasteiger partial charge in [-0.15, -0.1) is 12.4 Å². The van der Waals surface area contributed by atoms with Crippen LogP contribution in [0.15, 0.2) is 41.0 Å². The number of hydrogen-bond acceptors (Lipinski definition) is 3. The highest BCUT2D eigenvalue weighted by atomic mass is 35.5. The average molecular weight is 357 g/mol. The second-order valence-corrected chi connectivity index (χ2v) is 6.60. The van der Waals surface area contributed by atoms with Crippen molar-refractivity contribution in [3.8, 4) is 0 Å². The highest BCUT2D eigenvalue weighted by Crippen LogP contribution is 2.23. The van der Waals surface area contributed by atoms with Crippen molar-refractivity contribution in [1.82, 2.24) is 5.32 Å². The van der Waals surface area contributed by atoms with Gasteiger partial charge in [-0.1, -0.05) is 37.6 Å². The molecule has 0 bridgehead atoms. The molecule has 0 aliphatic rings. The Morgan fingerprint density at radius 3 is 2.70 bits per heavy atom. The Bertz CT molecular complexity index is 654. The fraction of sp³-hybridized carbons (Fsp3) is 0.353. The van der Waals surface area contributed by atoms with E-state index >= 15 is 0 Å². The van der Waals surface area contributed by atoms with Gasteiger partial charge in [0.05, 0.1) is 12.1 Å². The lowest BCUT2D eigenvalue weighted by Crippen LogP contribution is -2.35. The van der Waals surface area contributed by atoms with Crippen LogP contribution in [0.1, 0.15) is 35.5 Å². The van der Waals surface area contributed by atoms with Gasteiger partial charge in [0, 0.05) is 11.6 Å². The molecule has 0 atom stereocenters. The molecule has 1 heterocycles. The van der Waals surface area contributed by atoms with E-state index < -0.39 is 0 Å². The normalized spacial score (nSPS) is 11.0. The summed E-state index contributed by atoms with van der Waals surface area (Å²) in [6, 6.07) is 9.45. The van der Waals surface area contributed by atoms with E-state index in [-0.39, 0.29) is 30.3 Å². The molecule has 0 fully saturated rings. The predicted molar refractivity (Wildman–Crippen MR) is 95.1 cm³/mol. The molecular formula is C17H22Cl2N2O2. The molecule has 0 radical (unpaired) electrons. The minimum atomic E-state index is -0.150. The maximum atomic E-state index is 12.1. The number of amides is 1. The fourth-order valence-corrected chi connectivity index (χ4v) is 2.50. The Morgan fingerprint density at radius 2 is 2.09 bits per heavy atom. The van der Waals surface area contributed by atoms with Crippen molar-refractivity contribution in [3.63, 3.8) is 0 Å². The highest BCUT2D eigenvalue weighted by molar-refractivity contribution is 6.30.